The third kappa shape index (κ3) is 2.38. The average molecular weight is 145 g/mol. The lowest BCUT2D eigenvalue weighted by atomic mass is 10.1. The van der Waals surface area contributed by atoms with Crippen LogP contribution < -0.4 is 0 Å². The fourth-order valence-corrected chi connectivity index (χ4v) is 0.816. The van der Waals surface area contributed by atoms with Crippen molar-refractivity contribution in [3.63, 3.8) is 0 Å². The molecule has 0 saturated heterocycles. The Bertz CT molecular complexity index is 257. The Balaban J connectivity index is 2.81. The Morgan fingerprint density at radius 1 is 1.27 bits per heavy atom. The van der Waals surface area contributed by atoms with Crippen LogP contribution in [0.25, 0.3) is 6.08 Å². The highest BCUT2D eigenvalue weighted by Crippen LogP contribution is 2.04. The van der Waals surface area contributed by atoms with Crippen molar-refractivity contribution in [3.05, 3.63) is 41.6 Å². The summed E-state index contributed by atoms with van der Waals surface area (Å²) in [6, 6.07) is 8.25. The topological polar surface area (TPSA) is 12.4 Å². The van der Waals surface area contributed by atoms with E-state index in [1.807, 2.05) is 6.08 Å². The second-order valence-electron chi connectivity index (χ2n) is 2.41. The molecule has 0 bridgehead atoms. The lowest BCUT2D eigenvalue weighted by Gasteiger charge is -1.92. The molecule has 0 N–H and O–H groups in total. The maximum Gasteiger partial charge on any atom is 0.0266 e. The van der Waals surface area contributed by atoms with Gasteiger partial charge in [-0.15, -0.1) is 0 Å². The molecular formula is C10H11N. The van der Waals surface area contributed by atoms with Gasteiger partial charge in [-0.1, -0.05) is 29.8 Å². The molecule has 1 aromatic rings. The Morgan fingerprint density at radius 2 is 1.91 bits per heavy atom. The number of hydrogen-bond donors (Lipinski definition) is 0. The quantitative estimate of drug-likeness (QED) is 0.567. The highest BCUT2D eigenvalue weighted by Gasteiger charge is 1.83. The van der Waals surface area contributed by atoms with Gasteiger partial charge < -0.3 is 0 Å². The Morgan fingerprint density at radius 3 is 2.45 bits per heavy atom. The van der Waals surface area contributed by atoms with Crippen LogP contribution in [0.1, 0.15) is 11.1 Å². The first-order valence-corrected chi connectivity index (χ1v) is 3.52. The smallest absolute Gasteiger partial charge is 0.0266 e. The third-order valence-corrected chi connectivity index (χ3v) is 1.45. The van der Waals surface area contributed by atoms with Crippen LogP contribution in [0.2, 0.25) is 0 Å². The van der Waals surface area contributed by atoms with Gasteiger partial charge >= 0.3 is 0 Å². The van der Waals surface area contributed by atoms with E-state index >= 15 is 0 Å². The fourth-order valence-electron chi connectivity index (χ4n) is 0.816. The predicted molar refractivity (Wildman–Crippen MR) is 49.8 cm³/mol. The first-order valence-electron chi connectivity index (χ1n) is 3.52. The summed E-state index contributed by atoms with van der Waals surface area (Å²) in [5.74, 6) is 0. The summed E-state index contributed by atoms with van der Waals surface area (Å²) in [6.07, 6.45) is 3.61. The summed E-state index contributed by atoms with van der Waals surface area (Å²) < 4.78 is 0. The van der Waals surface area contributed by atoms with Crippen molar-refractivity contribution in [1.29, 1.82) is 0 Å². The summed E-state index contributed by atoms with van der Waals surface area (Å²) in [4.78, 5) is 3.62. The zero-order valence-corrected chi connectivity index (χ0v) is 6.62. The molecule has 0 amide bonds. The van der Waals surface area contributed by atoms with Crippen LogP contribution in [-0.4, -0.2) is 6.72 Å². The van der Waals surface area contributed by atoms with Gasteiger partial charge in [0.25, 0.3) is 0 Å². The van der Waals surface area contributed by atoms with Gasteiger partial charge in [0.2, 0.25) is 0 Å². The van der Waals surface area contributed by atoms with Gasteiger partial charge in [0.05, 0.1) is 0 Å². The van der Waals surface area contributed by atoms with Crippen LogP contribution in [0.3, 0.4) is 0 Å². The molecule has 0 aromatic heterocycles. The molecule has 0 heterocycles. The van der Waals surface area contributed by atoms with E-state index in [2.05, 4.69) is 42.9 Å². The van der Waals surface area contributed by atoms with Crippen molar-refractivity contribution in [2.24, 2.45) is 4.99 Å². The fraction of sp³-hybridized carbons (Fsp3) is 0.100. The number of nitrogens with zero attached hydrogens (tertiary/aromatic N) is 1. The number of hydrogen-bond acceptors (Lipinski definition) is 1. The SMILES string of the molecule is C=N/C=C/c1ccc(C)cc1. The molecule has 1 nitrogen and oxygen atoms in total. The molecule has 1 aromatic carbocycles. The number of aryl methyl sites for hydroxylation is 1. The minimum absolute atomic E-state index is 1.16. The summed E-state index contributed by atoms with van der Waals surface area (Å²) in [6.45, 7) is 5.43. The molecular weight excluding hydrogens is 134 g/mol. The van der Waals surface area contributed by atoms with E-state index in [1.54, 1.807) is 6.20 Å². The van der Waals surface area contributed by atoms with Crippen LogP contribution >= 0.6 is 0 Å². The normalized spacial score (nSPS) is 10.3. The lowest BCUT2D eigenvalue weighted by molar-refractivity contribution is 1.46. The third-order valence-electron chi connectivity index (χ3n) is 1.45. The predicted octanol–water partition coefficient (Wildman–Crippen LogP) is 2.67. The van der Waals surface area contributed by atoms with Crippen LogP contribution in [0.4, 0.5) is 0 Å². The van der Waals surface area contributed by atoms with Crippen molar-refractivity contribution in [3.8, 4) is 0 Å². The van der Waals surface area contributed by atoms with E-state index < -0.39 is 0 Å². The maximum atomic E-state index is 3.62. The van der Waals surface area contributed by atoms with Gasteiger partial charge in [-0.05, 0) is 25.3 Å². The van der Waals surface area contributed by atoms with E-state index in [0.29, 0.717) is 0 Å². The van der Waals surface area contributed by atoms with Gasteiger partial charge in [-0.25, -0.2) is 0 Å². The van der Waals surface area contributed by atoms with Gasteiger partial charge in [-0.2, -0.15) is 0 Å². The molecule has 56 valence electrons. The molecule has 0 saturated carbocycles. The summed E-state index contributed by atoms with van der Waals surface area (Å²) in [7, 11) is 0. The van der Waals surface area contributed by atoms with Crippen molar-refractivity contribution < 1.29 is 0 Å². The van der Waals surface area contributed by atoms with E-state index in [-0.39, 0.29) is 0 Å². The summed E-state index contributed by atoms with van der Waals surface area (Å²) in [5.41, 5.74) is 2.43. The standard InChI is InChI=1S/C10H11N/c1-9-3-5-10(6-4-9)7-8-11-2/h3-8H,2H2,1H3/b8-7+. The molecule has 1 heteroatoms. The Hall–Kier alpha value is -1.37. The Labute approximate surface area is 67.1 Å². The minimum Gasteiger partial charge on any atom is -0.272 e. The van der Waals surface area contributed by atoms with Gasteiger partial charge in [0, 0.05) is 6.20 Å². The molecule has 0 aliphatic heterocycles. The number of benzene rings is 1. The van der Waals surface area contributed by atoms with Crippen LogP contribution in [-0.2, 0) is 0 Å². The summed E-state index contributed by atoms with van der Waals surface area (Å²) >= 11 is 0. The molecule has 11 heavy (non-hydrogen) atoms. The second-order valence-corrected chi connectivity index (χ2v) is 2.41. The van der Waals surface area contributed by atoms with Gasteiger partial charge in [0.15, 0.2) is 0 Å². The summed E-state index contributed by atoms with van der Waals surface area (Å²) in [5, 5.41) is 0. The van der Waals surface area contributed by atoms with Gasteiger partial charge in [-0.3, -0.25) is 4.99 Å². The largest absolute Gasteiger partial charge is 0.272 e. The lowest BCUT2D eigenvalue weighted by Crippen LogP contribution is -1.72. The van der Waals surface area contributed by atoms with Crippen molar-refractivity contribution in [1.82, 2.24) is 0 Å². The van der Waals surface area contributed by atoms with Crippen molar-refractivity contribution in [2.75, 3.05) is 0 Å². The first kappa shape index (κ1) is 7.73. The monoisotopic (exact) mass is 145 g/mol. The number of aliphatic imine (C=N–C) groups is 1. The van der Waals surface area contributed by atoms with Crippen LogP contribution in [0, 0.1) is 6.92 Å². The Kier molecular flexibility index (Phi) is 2.61. The van der Waals surface area contributed by atoms with E-state index in [4.69, 9.17) is 0 Å². The number of rotatable bonds is 2. The minimum atomic E-state index is 1.16. The molecule has 0 fully saturated rings. The molecule has 0 aliphatic rings. The highest BCUT2D eigenvalue weighted by atomic mass is 14.6. The second kappa shape index (κ2) is 3.71. The van der Waals surface area contributed by atoms with E-state index in [1.165, 1.54) is 5.56 Å². The highest BCUT2D eigenvalue weighted by molar-refractivity contribution is 5.50. The van der Waals surface area contributed by atoms with Gasteiger partial charge in [0.1, 0.15) is 0 Å². The van der Waals surface area contributed by atoms with E-state index in [0.717, 1.165) is 5.56 Å². The molecule has 0 spiro atoms. The molecule has 1 rings (SSSR count). The zero-order chi connectivity index (χ0) is 8.10. The zero-order valence-electron chi connectivity index (χ0n) is 6.62. The molecule has 0 radical (unpaired) electrons. The van der Waals surface area contributed by atoms with E-state index in [9.17, 15) is 0 Å². The molecule has 0 atom stereocenters. The first-order chi connectivity index (χ1) is 5.33. The van der Waals surface area contributed by atoms with Crippen LogP contribution in [0.15, 0.2) is 35.5 Å². The maximum absolute atomic E-state index is 3.62. The molecule has 0 aliphatic carbocycles. The average Bonchev–Trinajstić information content (AvgIpc) is 2.04. The van der Waals surface area contributed by atoms with Crippen molar-refractivity contribution in [2.45, 2.75) is 6.92 Å². The van der Waals surface area contributed by atoms with Crippen LogP contribution in [0.5, 0.6) is 0 Å². The molecule has 0 unspecified atom stereocenters. The van der Waals surface area contributed by atoms with Crippen molar-refractivity contribution >= 4 is 12.8 Å².